The highest BCUT2D eigenvalue weighted by molar-refractivity contribution is 8.13. The Morgan fingerprint density at radius 3 is 2.75 bits per heavy atom. The summed E-state index contributed by atoms with van der Waals surface area (Å²) in [6.45, 7) is 4.65. The summed E-state index contributed by atoms with van der Waals surface area (Å²) in [6, 6.07) is 0. The molecule has 2 nitrogen and oxygen atoms in total. The van der Waals surface area contributed by atoms with Gasteiger partial charge in [0.25, 0.3) is 0 Å². The number of aliphatic imine (C=N–C) groups is 1. The van der Waals surface area contributed by atoms with Gasteiger partial charge in [-0.3, -0.25) is 4.99 Å². The van der Waals surface area contributed by atoms with Crippen molar-refractivity contribution in [3.05, 3.63) is 0 Å². The maximum absolute atomic E-state index is 4.88. The van der Waals surface area contributed by atoms with Crippen LogP contribution in [0, 0.1) is 17.3 Å². The first-order valence-electron chi connectivity index (χ1n) is 8.67. The molecule has 1 aliphatic heterocycles. The Morgan fingerprint density at radius 1 is 1.20 bits per heavy atom. The molecule has 2 aliphatic carbocycles. The zero-order valence-corrected chi connectivity index (χ0v) is 13.8. The molecule has 1 spiro atoms. The van der Waals surface area contributed by atoms with Crippen LogP contribution in [0.3, 0.4) is 0 Å². The number of amidine groups is 1. The lowest BCUT2D eigenvalue weighted by molar-refractivity contribution is 0.232. The molecule has 0 amide bonds. The van der Waals surface area contributed by atoms with E-state index in [1.807, 2.05) is 11.8 Å². The van der Waals surface area contributed by atoms with Gasteiger partial charge in [-0.25, -0.2) is 0 Å². The van der Waals surface area contributed by atoms with E-state index in [4.69, 9.17) is 4.99 Å². The maximum atomic E-state index is 4.88. The second-order valence-corrected chi connectivity index (χ2v) is 8.45. The van der Waals surface area contributed by atoms with Crippen molar-refractivity contribution in [3.8, 4) is 0 Å². The largest absolute Gasteiger partial charge is 0.365 e. The van der Waals surface area contributed by atoms with Crippen molar-refractivity contribution >= 4 is 16.9 Å². The third-order valence-corrected chi connectivity index (χ3v) is 6.88. The van der Waals surface area contributed by atoms with E-state index in [1.54, 1.807) is 0 Å². The van der Waals surface area contributed by atoms with Crippen molar-refractivity contribution in [1.82, 2.24) is 5.32 Å². The Hall–Kier alpha value is -0.180. The summed E-state index contributed by atoms with van der Waals surface area (Å²) in [5.41, 5.74) is 0.563. The lowest BCUT2D eigenvalue weighted by Gasteiger charge is -2.38. The second-order valence-electron chi connectivity index (χ2n) is 7.49. The molecule has 0 aromatic heterocycles. The number of nitrogens with one attached hydrogen (secondary N) is 1. The number of nitrogens with zero attached hydrogens (tertiary/aromatic N) is 1. The Balaban J connectivity index is 1.45. The van der Waals surface area contributed by atoms with Gasteiger partial charge < -0.3 is 5.32 Å². The molecule has 0 aromatic carbocycles. The number of hydrogen-bond acceptors (Lipinski definition) is 3. The predicted octanol–water partition coefficient (Wildman–Crippen LogP) is 4.46. The van der Waals surface area contributed by atoms with Gasteiger partial charge in [0.1, 0.15) is 0 Å². The molecule has 0 radical (unpaired) electrons. The first-order chi connectivity index (χ1) is 9.76. The van der Waals surface area contributed by atoms with Gasteiger partial charge in [-0.05, 0) is 42.9 Å². The molecule has 2 unspecified atom stereocenters. The van der Waals surface area contributed by atoms with E-state index in [1.165, 1.54) is 68.7 Å². The number of hydrogen-bond donors (Lipinski definition) is 1. The highest BCUT2D eigenvalue weighted by atomic mass is 32.2. The highest BCUT2D eigenvalue weighted by Crippen LogP contribution is 2.41. The van der Waals surface area contributed by atoms with Crippen LogP contribution >= 0.6 is 11.8 Å². The molecule has 3 rings (SSSR count). The molecule has 3 heteroatoms. The van der Waals surface area contributed by atoms with Crippen molar-refractivity contribution in [2.75, 3.05) is 18.8 Å². The molecule has 2 atom stereocenters. The first-order valence-corrected chi connectivity index (χ1v) is 9.65. The van der Waals surface area contributed by atoms with Crippen molar-refractivity contribution in [1.29, 1.82) is 0 Å². The zero-order valence-electron chi connectivity index (χ0n) is 13.0. The predicted molar refractivity (Wildman–Crippen MR) is 89.4 cm³/mol. The Labute approximate surface area is 128 Å². The van der Waals surface area contributed by atoms with Crippen molar-refractivity contribution in [2.45, 2.75) is 64.7 Å². The minimum Gasteiger partial charge on any atom is -0.365 e. The third kappa shape index (κ3) is 3.72. The summed E-state index contributed by atoms with van der Waals surface area (Å²) < 4.78 is 0. The number of rotatable bonds is 2. The quantitative estimate of drug-likeness (QED) is 0.813. The van der Waals surface area contributed by atoms with Gasteiger partial charge in [-0.2, -0.15) is 0 Å². The van der Waals surface area contributed by atoms with Crippen LogP contribution < -0.4 is 5.32 Å². The van der Waals surface area contributed by atoms with Crippen LogP contribution in [0.1, 0.15) is 64.7 Å². The van der Waals surface area contributed by atoms with E-state index in [-0.39, 0.29) is 0 Å². The number of thioether (sulfide) groups is 1. The molecule has 20 heavy (non-hydrogen) atoms. The molecule has 114 valence electrons. The van der Waals surface area contributed by atoms with E-state index < -0.39 is 0 Å². The van der Waals surface area contributed by atoms with E-state index in [2.05, 4.69) is 12.2 Å². The lowest BCUT2D eigenvalue weighted by atomic mass is 9.75. The van der Waals surface area contributed by atoms with E-state index >= 15 is 0 Å². The van der Waals surface area contributed by atoms with Crippen LogP contribution in [0.15, 0.2) is 4.99 Å². The van der Waals surface area contributed by atoms with Crippen LogP contribution in [0.25, 0.3) is 0 Å². The van der Waals surface area contributed by atoms with Crippen molar-refractivity contribution in [3.63, 3.8) is 0 Å². The molecule has 3 aliphatic rings. The Morgan fingerprint density at radius 2 is 2.05 bits per heavy atom. The molecular weight excluding hydrogens is 264 g/mol. The fourth-order valence-corrected chi connectivity index (χ4v) is 5.40. The summed E-state index contributed by atoms with van der Waals surface area (Å²) >= 11 is 2.00. The minimum atomic E-state index is 0.563. The van der Waals surface area contributed by atoms with Gasteiger partial charge in [-0.1, -0.05) is 50.8 Å². The van der Waals surface area contributed by atoms with Gasteiger partial charge in [0.2, 0.25) is 0 Å². The second kappa shape index (κ2) is 6.72. The molecule has 2 saturated carbocycles. The SMILES string of the molecule is CC1CCCC(CNC2=NCC3(CCCCC3)CS2)C1. The summed E-state index contributed by atoms with van der Waals surface area (Å²) in [5, 5.41) is 4.88. The maximum Gasteiger partial charge on any atom is 0.156 e. The molecule has 2 fully saturated rings. The highest BCUT2D eigenvalue weighted by Gasteiger charge is 2.34. The van der Waals surface area contributed by atoms with Gasteiger partial charge in [-0.15, -0.1) is 0 Å². The van der Waals surface area contributed by atoms with Gasteiger partial charge in [0.15, 0.2) is 5.17 Å². The van der Waals surface area contributed by atoms with Crippen LogP contribution in [-0.4, -0.2) is 24.0 Å². The Bertz CT molecular complexity index is 347. The summed E-state index contributed by atoms with van der Waals surface area (Å²) in [7, 11) is 0. The van der Waals surface area contributed by atoms with E-state index in [9.17, 15) is 0 Å². The van der Waals surface area contributed by atoms with Crippen LogP contribution in [0.5, 0.6) is 0 Å². The first kappa shape index (κ1) is 14.7. The summed E-state index contributed by atoms with van der Waals surface area (Å²) in [6.07, 6.45) is 12.8. The minimum absolute atomic E-state index is 0.563. The van der Waals surface area contributed by atoms with Gasteiger partial charge >= 0.3 is 0 Å². The molecule has 0 bridgehead atoms. The zero-order chi connectivity index (χ0) is 13.8. The molecule has 1 heterocycles. The van der Waals surface area contributed by atoms with Gasteiger partial charge in [0.05, 0.1) is 0 Å². The van der Waals surface area contributed by atoms with Crippen molar-refractivity contribution < 1.29 is 0 Å². The fourth-order valence-electron chi connectivity index (χ4n) is 4.24. The summed E-state index contributed by atoms with van der Waals surface area (Å²) in [4.78, 5) is 4.88. The monoisotopic (exact) mass is 294 g/mol. The third-order valence-electron chi connectivity index (χ3n) is 5.57. The smallest absolute Gasteiger partial charge is 0.156 e. The average Bonchev–Trinajstić information content (AvgIpc) is 2.48. The summed E-state index contributed by atoms with van der Waals surface area (Å²) in [5.74, 6) is 3.12. The van der Waals surface area contributed by atoms with Crippen LogP contribution in [0.4, 0.5) is 0 Å². The van der Waals surface area contributed by atoms with Crippen LogP contribution in [0.2, 0.25) is 0 Å². The molecule has 0 saturated heterocycles. The average molecular weight is 295 g/mol. The molecule has 1 N–H and O–H groups in total. The normalized spacial score (nSPS) is 33.8. The topological polar surface area (TPSA) is 24.4 Å². The van der Waals surface area contributed by atoms with E-state index in [0.29, 0.717) is 5.41 Å². The lowest BCUT2D eigenvalue weighted by Crippen LogP contribution is -2.38. The molecular formula is C17H30N2S. The van der Waals surface area contributed by atoms with E-state index in [0.717, 1.165) is 24.9 Å². The fraction of sp³-hybridized carbons (Fsp3) is 0.941. The Kier molecular flexibility index (Phi) is 4.95. The standard InChI is InChI=1S/C17H30N2S/c1-14-6-5-7-15(10-14)11-18-16-19-12-17(13-20-16)8-3-2-4-9-17/h14-15H,2-13H2,1H3,(H,18,19). The van der Waals surface area contributed by atoms with Gasteiger partial charge in [0, 0.05) is 18.8 Å². The molecule has 0 aromatic rings. The van der Waals surface area contributed by atoms with Crippen molar-refractivity contribution in [2.24, 2.45) is 22.2 Å². The van der Waals surface area contributed by atoms with Crippen LogP contribution in [-0.2, 0) is 0 Å².